The van der Waals surface area contributed by atoms with Crippen molar-refractivity contribution in [1.29, 1.82) is 0 Å². The van der Waals surface area contributed by atoms with Crippen molar-refractivity contribution < 1.29 is 9.50 Å². The Bertz CT molecular complexity index is 513. The quantitative estimate of drug-likeness (QED) is 0.897. The molecule has 0 aliphatic heterocycles. The lowest BCUT2D eigenvalue weighted by molar-refractivity contribution is 0.166. The standard InChI is InChI=1S/C15H16FNO/c1-11-2-4-13(16)10-14(11)15(18)5-3-12-6-8-17-9-7-12/h2,4,6-10,15,18H,3,5H2,1H3. The maximum atomic E-state index is 13.2. The predicted octanol–water partition coefficient (Wildman–Crippen LogP) is 3.20. The normalized spacial score (nSPS) is 12.4. The fourth-order valence-corrected chi connectivity index (χ4v) is 1.98. The number of hydrogen-bond acceptors (Lipinski definition) is 2. The molecule has 94 valence electrons. The molecule has 1 unspecified atom stereocenters. The van der Waals surface area contributed by atoms with Crippen LogP contribution in [0.4, 0.5) is 4.39 Å². The van der Waals surface area contributed by atoms with Gasteiger partial charge in [-0.1, -0.05) is 6.07 Å². The van der Waals surface area contributed by atoms with Crippen LogP contribution in [0.5, 0.6) is 0 Å². The Labute approximate surface area is 106 Å². The number of halogens is 1. The summed E-state index contributed by atoms with van der Waals surface area (Å²) in [5, 5.41) is 10.1. The summed E-state index contributed by atoms with van der Waals surface area (Å²) in [6.07, 6.45) is 4.16. The summed E-state index contributed by atoms with van der Waals surface area (Å²) in [7, 11) is 0. The van der Waals surface area contributed by atoms with Gasteiger partial charge in [0, 0.05) is 12.4 Å². The molecule has 0 amide bonds. The molecule has 0 bridgehead atoms. The Morgan fingerprint density at radius 1 is 1.22 bits per heavy atom. The molecule has 0 spiro atoms. The third-order valence-electron chi connectivity index (χ3n) is 3.06. The highest BCUT2D eigenvalue weighted by molar-refractivity contribution is 5.28. The Balaban J connectivity index is 2.03. The fourth-order valence-electron chi connectivity index (χ4n) is 1.98. The van der Waals surface area contributed by atoms with E-state index in [2.05, 4.69) is 4.98 Å². The monoisotopic (exact) mass is 245 g/mol. The number of pyridine rings is 1. The summed E-state index contributed by atoms with van der Waals surface area (Å²) in [5.74, 6) is -0.307. The highest BCUT2D eigenvalue weighted by Gasteiger charge is 2.11. The number of nitrogens with zero attached hydrogens (tertiary/aromatic N) is 1. The fraction of sp³-hybridized carbons (Fsp3) is 0.267. The molecule has 0 aliphatic rings. The largest absolute Gasteiger partial charge is 0.388 e. The number of aliphatic hydroxyl groups excluding tert-OH is 1. The first-order chi connectivity index (χ1) is 8.66. The molecule has 1 atom stereocenters. The molecule has 0 saturated carbocycles. The van der Waals surface area contributed by atoms with Crippen LogP contribution in [0.3, 0.4) is 0 Å². The minimum atomic E-state index is -0.631. The number of aliphatic hydroxyl groups is 1. The van der Waals surface area contributed by atoms with Crippen molar-refractivity contribution >= 4 is 0 Å². The van der Waals surface area contributed by atoms with Gasteiger partial charge in [-0.05, 0) is 60.7 Å². The first-order valence-corrected chi connectivity index (χ1v) is 6.00. The van der Waals surface area contributed by atoms with Crippen molar-refractivity contribution in [3.05, 3.63) is 65.2 Å². The molecule has 1 aromatic heterocycles. The highest BCUT2D eigenvalue weighted by Crippen LogP contribution is 2.23. The van der Waals surface area contributed by atoms with Crippen LogP contribution in [0.15, 0.2) is 42.7 Å². The van der Waals surface area contributed by atoms with Crippen LogP contribution in [0.1, 0.15) is 29.2 Å². The summed E-state index contributed by atoms with van der Waals surface area (Å²) in [6.45, 7) is 1.88. The lowest BCUT2D eigenvalue weighted by atomic mass is 9.98. The molecular formula is C15H16FNO. The summed E-state index contributed by atoms with van der Waals surface area (Å²) < 4.78 is 13.2. The summed E-state index contributed by atoms with van der Waals surface area (Å²) in [6, 6.07) is 8.36. The van der Waals surface area contributed by atoms with Gasteiger partial charge in [0.25, 0.3) is 0 Å². The summed E-state index contributed by atoms with van der Waals surface area (Å²) >= 11 is 0. The van der Waals surface area contributed by atoms with Gasteiger partial charge >= 0.3 is 0 Å². The molecule has 0 aliphatic carbocycles. The van der Waals surface area contributed by atoms with Crippen LogP contribution < -0.4 is 0 Å². The number of hydrogen-bond donors (Lipinski definition) is 1. The van der Waals surface area contributed by atoms with E-state index in [0.717, 1.165) is 17.5 Å². The number of aromatic nitrogens is 1. The Morgan fingerprint density at radius 3 is 2.67 bits per heavy atom. The second kappa shape index (κ2) is 5.74. The number of benzene rings is 1. The van der Waals surface area contributed by atoms with Crippen molar-refractivity contribution in [2.45, 2.75) is 25.9 Å². The molecule has 3 heteroatoms. The van der Waals surface area contributed by atoms with Gasteiger partial charge in [-0.3, -0.25) is 4.98 Å². The predicted molar refractivity (Wildman–Crippen MR) is 68.7 cm³/mol. The topological polar surface area (TPSA) is 33.1 Å². The van der Waals surface area contributed by atoms with Gasteiger partial charge < -0.3 is 5.11 Å². The van der Waals surface area contributed by atoms with Gasteiger partial charge in [-0.2, -0.15) is 0 Å². The van der Waals surface area contributed by atoms with E-state index in [1.165, 1.54) is 12.1 Å². The van der Waals surface area contributed by atoms with Crippen molar-refractivity contribution in [2.24, 2.45) is 0 Å². The van der Waals surface area contributed by atoms with Gasteiger partial charge in [0.15, 0.2) is 0 Å². The van der Waals surface area contributed by atoms with Crippen LogP contribution in [-0.2, 0) is 6.42 Å². The number of aryl methyl sites for hydroxylation is 2. The molecule has 1 heterocycles. The number of rotatable bonds is 4. The molecule has 2 rings (SSSR count). The SMILES string of the molecule is Cc1ccc(F)cc1C(O)CCc1ccncc1. The molecular weight excluding hydrogens is 229 g/mol. The summed E-state index contributed by atoms with van der Waals surface area (Å²) in [4.78, 5) is 3.94. The first kappa shape index (κ1) is 12.7. The Hall–Kier alpha value is -1.74. The Morgan fingerprint density at radius 2 is 1.94 bits per heavy atom. The van der Waals surface area contributed by atoms with Crippen LogP contribution >= 0.6 is 0 Å². The van der Waals surface area contributed by atoms with E-state index in [1.807, 2.05) is 19.1 Å². The van der Waals surface area contributed by atoms with Crippen molar-refractivity contribution in [3.63, 3.8) is 0 Å². The van der Waals surface area contributed by atoms with E-state index in [-0.39, 0.29) is 5.82 Å². The maximum absolute atomic E-state index is 13.2. The second-order valence-electron chi connectivity index (χ2n) is 4.41. The third-order valence-corrected chi connectivity index (χ3v) is 3.06. The van der Waals surface area contributed by atoms with Crippen LogP contribution in [0.2, 0.25) is 0 Å². The van der Waals surface area contributed by atoms with Gasteiger partial charge in [0.2, 0.25) is 0 Å². The molecule has 0 radical (unpaired) electrons. The van der Waals surface area contributed by atoms with E-state index in [1.54, 1.807) is 18.5 Å². The minimum absolute atomic E-state index is 0.307. The smallest absolute Gasteiger partial charge is 0.123 e. The molecule has 2 aromatic rings. The molecule has 0 saturated heterocycles. The zero-order valence-electron chi connectivity index (χ0n) is 10.3. The maximum Gasteiger partial charge on any atom is 0.123 e. The molecule has 1 N–H and O–H groups in total. The highest BCUT2D eigenvalue weighted by atomic mass is 19.1. The van der Waals surface area contributed by atoms with E-state index in [0.29, 0.717) is 12.0 Å². The van der Waals surface area contributed by atoms with E-state index in [9.17, 15) is 9.50 Å². The third kappa shape index (κ3) is 3.14. The second-order valence-corrected chi connectivity index (χ2v) is 4.41. The summed E-state index contributed by atoms with van der Waals surface area (Å²) in [5.41, 5.74) is 2.71. The molecule has 2 nitrogen and oxygen atoms in total. The molecule has 0 fully saturated rings. The van der Waals surface area contributed by atoms with Crippen LogP contribution in [0, 0.1) is 12.7 Å². The molecule has 1 aromatic carbocycles. The van der Waals surface area contributed by atoms with Crippen LogP contribution in [-0.4, -0.2) is 10.1 Å². The molecule has 18 heavy (non-hydrogen) atoms. The first-order valence-electron chi connectivity index (χ1n) is 6.00. The minimum Gasteiger partial charge on any atom is -0.388 e. The lowest BCUT2D eigenvalue weighted by Crippen LogP contribution is -2.02. The zero-order chi connectivity index (χ0) is 13.0. The average molecular weight is 245 g/mol. The average Bonchev–Trinajstić information content (AvgIpc) is 2.40. The lowest BCUT2D eigenvalue weighted by Gasteiger charge is -2.13. The van der Waals surface area contributed by atoms with Gasteiger partial charge in [0.05, 0.1) is 6.10 Å². The van der Waals surface area contributed by atoms with Gasteiger partial charge in [-0.15, -0.1) is 0 Å². The van der Waals surface area contributed by atoms with Crippen molar-refractivity contribution in [3.8, 4) is 0 Å². The van der Waals surface area contributed by atoms with Crippen molar-refractivity contribution in [2.75, 3.05) is 0 Å². The van der Waals surface area contributed by atoms with Gasteiger partial charge in [0.1, 0.15) is 5.82 Å². The van der Waals surface area contributed by atoms with E-state index >= 15 is 0 Å². The van der Waals surface area contributed by atoms with Crippen LogP contribution in [0.25, 0.3) is 0 Å². The zero-order valence-corrected chi connectivity index (χ0v) is 10.3. The van der Waals surface area contributed by atoms with E-state index in [4.69, 9.17) is 0 Å². The van der Waals surface area contributed by atoms with Gasteiger partial charge in [-0.25, -0.2) is 4.39 Å². The van der Waals surface area contributed by atoms with E-state index < -0.39 is 6.10 Å². The van der Waals surface area contributed by atoms with Crippen molar-refractivity contribution in [1.82, 2.24) is 4.98 Å². The Kier molecular flexibility index (Phi) is 4.05.